The maximum Gasteiger partial charge on any atom is 0.307 e. The zero-order chi connectivity index (χ0) is 15.5. The van der Waals surface area contributed by atoms with E-state index < -0.39 is 16.0 Å². The summed E-state index contributed by atoms with van der Waals surface area (Å²) < 4.78 is 26.1. The summed E-state index contributed by atoms with van der Waals surface area (Å²) in [5.74, 6) is -0.959. The van der Waals surface area contributed by atoms with Gasteiger partial charge in [0.05, 0.1) is 17.0 Å². The summed E-state index contributed by atoms with van der Waals surface area (Å²) in [7, 11) is -2.22. The van der Waals surface area contributed by atoms with Crippen LogP contribution in [-0.4, -0.2) is 31.5 Å². The van der Waals surface area contributed by atoms with Crippen LogP contribution in [0, 0.1) is 0 Å². The molecule has 1 aromatic carbocycles. The lowest BCUT2D eigenvalue weighted by Crippen LogP contribution is -2.26. The average molecular weight is 306 g/mol. The molecule has 6 nitrogen and oxygen atoms in total. The van der Waals surface area contributed by atoms with Gasteiger partial charge in [0.1, 0.15) is 0 Å². The van der Waals surface area contributed by atoms with E-state index in [0.29, 0.717) is 11.3 Å². The van der Waals surface area contributed by atoms with E-state index in [1.165, 1.54) is 43.7 Å². The van der Waals surface area contributed by atoms with Gasteiger partial charge in [-0.15, -0.1) is 0 Å². The average Bonchev–Trinajstić information content (AvgIpc) is 2.47. The topological polar surface area (TPSA) is 87.6 Å². The molecule has 21 heavy (non-hydrogen) atoms. The van der Waals surface area contributed by atoms with Crippen molar-refractivity contribution in [3.8, 4) is 0 Å². The molecule has 7 heteroatoms. The third kappa shape index (κ3) is 3.38. The van der Waals surface area contributed by atoms with Crippen LogP contribution in [0.4, 0.5) is 5.69 Å². The van der Waals surface area contributed by atoms with Gasteiger partial charge in [0.15, 0.2) is 0 Å². The summed E-state index contributed by atoms with van der Waals surface area (Å²) in [6.07, 6.45) is 2.88. The molecule has 0 aliphatic heterocycles. The number of anilines is 1. The molecule has 110 valence electrons. The third-order valence-electron chi connectivity index (χ3n) is 2.96. The number of hydrogen-bond donors (Lipinski definition) is 1. The van der Waals surface area contributed by atoms with Gasteiger partial charge in [0.25, 0.3) is 10.0 Å². The number of rotatable bonds is 5. The van der Waals surface area contributed by atoms with Crippen molar-refractivity contribution in [1.82, 2.24) is 4.98 Å². The number of carboxylic acids is 1. The number of carbonyl (C=O) groups is 1. The highest BCUT2D eigenvalue weighted by Crippen LogP contribution is 2.21. The summed E-state index contributed by atoms with van der Waals surface area (Å²) in [5, 5.41) is 8.70. The fourth-order valence-corrected chi connectivity index (χ4v) is 3.00. The van der Waals surface area contributed by atoms with E-state index in [0.717, 1.165) is 4.31 Å². The molecule has 2 aromatic rings. The van der Waals surface area contributed by atoms with E-state index in [4.69, 9.17) is 5.11 Å². The first kappa shape index (κ1) is 15.0. The zero-order valence-electron chi connectivity index (χ0n) is 11.3. The molecule has 0 fully saturated rings. The molecule has 0 aliphatic rings. The van der Waals surface area contributed by atoms with Crippen LogP contribution in [0.2, 0.25) is 0 Å². The number of nitrogens with zero attached hydrogens (tertiary/aromatic N) is 2. The SMILES string of the molecule is CN(c1ccncc1)S(=O)(=O)c1ccc(CC(=O)O)cc1. The third-order valence-corrected chi connectivity index (χ3v) is 4.76. The lowest BCUT2D eigenvalue weighted by atomic mass is 10.2. The Labute approximate surface area is 122 Å². The lowest BCUT2D eigenvalue weighted by molar-refractivity contribution is -0.136. The molecule has 1 aromatic heterocycles. The molecule has 0 unspecified atom stereocenters. The van der Waals surface area contributed by atoms with E-state index >= 15 is 0 Å². The van der Waals surface area contributed by atoms with E-state index in [1.54, 1.807) is 12.1 Å². The van der Waals surface area contributed by atoms with Gasteiger partial charge in [-0.3, -0.25) is 14.1 Å². The Morgan fingerprint density at radius 1 is 1.14 bits per heavy atom. The van der Waals surface area contributed by atoms with E-state index in [-0.39, 0.29) is 11.3 Å². The van der Waals surface area contributed by atoms with Gasteiger partial charge in [-0.2, -0.15) is 0 Å². The van der Waals surface area contributed by atoms with Crippen molar-refractivity contribution < 1.29 is 18.3 Å². The Hall–Kier alpha value is -2.41. The monoisotopic (exact) mass is 306 g/mol. The highest BCUT2D eigenvalue weighted by molar-refractivity contribution is 7.92. The second kappa shape index (κ2) is 5.92. The van der Waals surface area contributed by atoms with Crippen LogP contribution in [-0.2, 0) is 21.2 Å². The molecule has 0 saturated carbocycles. The molecule has 0 radical (unpaired) electrons. The minimum absolute atomic E-state index is 0.107. The van der Waals surface area contributed by atoms with Crippen molar-refractivity contribution in [2.24, 2.45) is 0 Å². The summed E-state index contributed by atoms with van der Waals surface area (Å²) in [6.45, 7) is 0. The second-order valence-corrected chi connectivity index (χ2v) is 6.36. The number of aromatic nitrogens is 1. The normalized spacial score (nSPS) is 11.1. The van der Waals surface area contributed by atoms with Gasteiger partial charge in [0.2, 0.25) is 0 Å². The standard InChI is InChI=1S/C14H14N2O4S/c1-16(12-6-8-15-9-7-12)21(19,20)13-4-2-11(3-5-13)10-14(17)18/h2-9H,10H2,1H3,(H,17,18). The minimum atomic E-state index is -3.68. The van der Waals surface area contributed by atoms with Gasteiger partial charge in [-0.05, 0) is 29.8 Å². The summed E-state index contributed by atoms with van der Waals surface area (Å²) in [5.41, 5.74) is 1.05. The first-order valence-electron chi connectivity index (χ1n) is 6.11. The van der Waals surface area contributed by atoms with E-state index in [1.807, 2.05) is 0 Å². The number of carboxylic acid groups (broad SMARTS) is 1. The highest BCUT2D eigenvalue weighted by Gasteiger charge is 2.21. The van der Waals surface area contributed by atoms with Gasteiger partial charge >= 0.3 is 5.97 Å². The number of aliphatic carboxylic acids is 1. The first-order valence-corrected chi connectivity index (χ1v) is 7.55. The lowest BCUT2D eigenvalue weighted by Gasteiger charge is -2.19. The molecule has 1 N–H and O–H groups in total. The van der Waals surface area contributed by atoms with Gasteiger partial charge in [-0.1, -0.05) is 12.1 Å². The van der Waals surface area contributed by atoms with Crippen LogP contribution in [0.5, 0.6) is 0 Å². The Morgan fingerprint density at radius 2 is 1.71 bits per heavy atom. The molecule has 0 spiro atoms. The number of pyridine rings is 1. The van der Waals surface area contributed by atoms with Gasteiger partial charge in [0, 0.05) is 19.4 Å². The van der Waals surface area contributed by atoms with Crippen molar-refractivity contribution >= 4 is 21.7 Å². The predicted molar refractivity (Wildman–Crippen MR) is 77.6 cm³/mol. The van der Waals surface area contributed by atoms with Crippen molar-refractivity contribution in [1.29, 1.82) is 0 Å². The Balaban J connectivity index is 2.29. The molecule has 0 amide bonds. The van der Waals surface area contributed by atoms with Crippen LogP contribution in [0.25, 0.3) is 0 Å². The fourth-order valence-electron chi connectivity index (χ4n) is 1.80. The summed E-state index contributed by atoms with van der Waals surface area (Å²) >= 11 is 0. The van der Waals surface area contributed by atoms with Crippen LogP contribution in [0.15, 0.2) is 53.7 Å². The molecule has 0 atom stereocenters. The van der Waals surface area contributed by atoms with Crippen LogP contribution >= 0.6 is 0 Å². The maximum absolute atomic E-state index is 12.5. The molecule has 0 saturated heterocycles. The quantitative estimate of drug-likeness (QED) is 0.905. The van der Waals surface area contributed by atoms with Crippen molar-refractivity contribution in [3.63, 3.8) is 0 Å². The molecular weight excluding hydrogens is 292 g/mol. The van der Waals surface area contributed by atoms with Gasteiger partial charge in [-0.25, -0.2) is 8.42 Å². The maximum atomic E-state index is 12.5. The molecule has 2 rings (SSSR count). The zero-order valence-corrected chi connectivity index (χ0v) is 12.1. The number of benzene rings is 1. The highest BCUT2D eigenvalue weighted by atomic mass is 32.2. The van der Waals surface area contributed by atoms with E-state index in [9.17, 15) is 13.2 Å². The van der Waals surface area contributed by atoms with Crippen molar-refractivity contribution in [3.05, 3.63) is 54.4 Å². The Kier molecular flexibility index (Phi) is 4.23. The van der Waals surface area contributed by atoms with Crippen LogP contribution in [0.1, 0.15) is 5.56 Å². The second-order valence-electron chi connectivity index (χ2n) is 4.39. The van der Waals surface area contributed by atoms with Crippen LogP contribution < -0.4 is 4.31 Å². The molecule has 1 heterocycles. The number of sulfonamides is 1. The minimum Gasteiger partial charge on any atom is -0.481 e. The van der Waals surface area contributed by atoms with Crippen molar-refractivity contribution in [2.75, 3.05) is 11.4 Å². The summed E-state index contributed by atoms with van der Waals surface area (Å²) in [4.78, 5) is 14.6. The predicted octanol–water partition coefficient (Wildman–Crippen LogP) is 1.53. The van der Waals surface area contributed by atoms with Crippen LogP contribution in [0.3, 0.4) is 0 Å². The Morgan fingerprint density at radius 3 is 2.24 bits per heavy atom. The first-order chi connectivity index (χ1) is 9.91. The van der Waals surface area contributed by atoms with Gasteiger partial charge < -0.3 is 5.11 Å². The van der Waals surface area contributed by atoms with Crippen molar-refractivity contribution in [2.45, 2.75) is 11.3 Å². The number of hydrogen-bond acceptors (Lipinski definition) is 4. The Bertz CT molecular complexity index is 727. The fraction of sp³-hybridized carbons (Fsp3) is 0.143. The molecule has 0 aliphatic carbocycles. The smallest absolute Gasteiger partial charge is 0.307 e. The molecule has 0 bridgehead atoms. The van der Waals surface area contributed by atoms with E-state index in [2.05, 4.69) is 4.98 Å². The molecular formula is C14H14N2O4S. The largest absolute Gasteiger partial charge is 0.481 e. The summed E-state index contributed by atoms with van der Waals surface area (Å²) in [6, 6.07) is 9.01.